The predicted molar refractivity (Wildman–Crippen MR) is 110 cm³/mol. The fourth-order valence-corrected chi connectivity index (χ4v) is 3.26. The maximum atomic E-state index is 12.5. The summed E-state index contributed by atoms with van der Waals surface area (Å²) < 4.78 is 5.50. The summed E-state index contributed by atoms with van der Waals surface area (Å²) in [6.45, 7) is 9.68. The van der Waals surface area contributed by atoms with E-state index in [-0.39, 0.29) is 5.91 Å². The average molecular weight is 364 g/mol. The van der Waals surface area contributed by atoms with Crippen molar-refractivity contribution >= 4 is 11.6 Å². The van der Waals surface area contributed by atoms with E-state index in [0.717, 1.165) is 25.6 Å². The fraction of sp³-hybridized carbons (Fsp3) is 0.348. The van der Waals surface area contributed by atoms with Crippen molar-refractivity contribution in [2.75, 3.05) is 25.0 Å². The Morgan fingerprint density at radius 1 is 1.22 bits per heavy atom. The minimum Gasteiger partial charge on any atom is -0.489 e. The minimum atomic E-state index is -0.116. The molecule has 0 bridgehead atoms. The Morgan fingerprint density at radius 3 is 2.67 bits per heavy atom. The maximum absolute atomic E-state index is 12.5. The molecule has 0 radical (unpaired) electrons. The van der Waals surface area contributed by atoms with Gasteiger partial charge in [-0.2, -0.15) is 0 Å². The first kappa shape index (κ1) is 19.2. The van der Waals surface area contributed by atoms with Crippen molar-refractivity contribution in [3.63, 3.8) is 0 Å². The molecule has 1 N–H and O–H groups in total. The van der Waals surface area contributed by atoms with E-state index in [2.05, 4.69) is 35.9 Å². The summed E-state index contributed by atoms with van der Waals surface area (Å²) in [4.78, 5) is 15.0. The Balaban J connectivity index is 1.56. The van der Waals surface area contributed by atoms with Crippen LogP contribution >= 0.6 is 0 Å². The molecule has 1 aliphatic heterocycles. The molecular weight excluding hydrogens is 336 g/mol. The highest BCUT2D eigenvalue weighted by atomic mass is 16.5. The third kappa shape index (κ3) is 5.69. The van der Waals surface area contributed by atoms with Gasteiger partial charge in [0.25, 0.3) is 5.91 Å². The van der Waals surface area contributed by atoms with E-state index in [1.165, 1.54) is 18.4 Å². The average Bonchev–Trinajstić information content (AvgIpc) is 2.69. The number of amides is 1. The molecule has 142 valence electrons. The van der Waals surface area contributed by atoms with Crippen LogP contribution in [-0.2, 0) is 6.54 Å². The van der Waals surface area contributed by atoms with E-state index >= 15 is 0 Å². The number of nitrogens with one attached hydrogen (secondary N) is 1. The van der Waals surface area contributed by atoms with E-state index in [9.17, 15) is 4.79 Å². The molecule has 3 rings (SSSR count). The Morgan fingerprint density at radius 2 is 1.96 bits per heavy atom. The van der Waals surface area contributed by atoms with Crippen LogP contribution in [-0.4, -0.2) is 30.5 Å². The van der Waals surface area contributed by atoms with Gasteiger partial charge in [-0.1, -0.05) is 37.8 Å². The van der Waals surface area contributed by atoms with Gasteiger partial charge in [-0.3, -0.25) is 9.69 Å². The molecule has 1 fully saturated rings. The topological polar surface area (TPSA) is 41.6 Å². The molecule has 2 aromatic carbocycles. The summed E-state index contributed by atoms with van der Waals surface area (Å²) in [7, 11) is 0. The van der Waals surface area contributed by atoms with Crippen LogP contribution in [0.3, 0.4) is 0 Å². The smallest absolute Gasteiger partial charge is 0.255 e. The van der Waals surface area contributed by atoms with Crippen molar-refractivity contribution in [3.8, 4) is 5.75 Å². The molecule has 0 aliphatic carbocycles. The summed E-state index contributed by atoms with van der Waals surface area (Å²) >= 11 is 0. The largest absolute Gasteiger partial charge is 0.489 e. The summed E-state index contributed by atoms with van der Waals surface area (Å²) in [5.41, 5.74) is 2.62. The Kier molecular flexibility index (Phi) is 6.66. The van der Waals surface area contributed by atoms with Crippen LogP contribution in [0.1, 0.15) is 35.7 Å². The van der Waals surface area contributed by atoms with Crippen LogP contribution < -0.4 is 10.1 Å². The summed E-state index contributed by atoms with van der Waals surface area (Å²) in [6.07, 6.45) is 4.24. The fourth-order valence-electron chi connectivity index (χ4n) is 3.26. The van der Waals surface area contributed by atoms with Gasteiger partial charge in [-0.05, 0) is 61.7 Å². The number of anilines is 1. The Hall–Kier alpha value is -2.59. The molecule has 0 atom stereocenters. The highest BCUT2D eigenvalue weighted by molar-refractivity contribution is 6.04. The molecule has 0 unspecified atom stereocenters. The van der Waals surface area contributed by atoms with Crippen LogP contribution in [0.25, 0.3) is 0 Å². The SMILES string of the molecule is C=CCOc1cccc(NC(=O)c2ccc(CN3CCC(C)CC3)cc2)c1. The number of hydrogen-bond donors (Lipinski definition) is 1. The first-order valence-electron chi connectivity index (χ1n) is 9.60. The van der Waals surface area contributed by atoms with Gasteiger partial charge < -0.3 is 10.1 Å². The van der Waals surface area contributed by atoms with Crippen LogP contribution in [0.15, 0.2) is 61.2 Å². The van der Waals surface area contributed by atoms with E-state index in [4.69, 9.17) is 4.74 Å². The second-order valence-electron chi connectivity index (χ2n) is 7.24. The summed E-state index contributed by atoms with van der Waals surface area (Å²) in [5.74, 6) is 1.43. The number of benzene rings is 2. The van der Waals surface area contributed by atoms with Crippen molar-refractivity contribution in [1.82, 2.24) is 4.90 Å². The highest BCUT2D eigenvalue weighted by Gasteiger charge is 2.15. The van der Waals surface area contributed by atoms with Crippen LogP contribution in [0, 0.1) is 5.92 Å². The van der Waals surface area contributed by atoms with Crippen molar-refractivity contribution in [2.45, 2.75) is 26.3 Å². The number of carbonyl (C=O) groups is 1. The normalized spacial score (nSPS) is 15.3. The quantitative estimate of drug-likeness (QED) is 0.722. The standard InChI is InChI=1S/C23H28N2O2/c1-3-15-27-22-6-4-5-21(16-22)24-23(26)20-9-7-19(8-10-20)17-25-13-11-18(2)12-14-25/h3-10,16,18H,1,11-15,17H2,2H3,(H,24,26). The highest BCUT2D eigenvalue weighted by Crippen LogP contribution is 2.20. The van der Waals surface area contributed by atoms with E-state index < -0.39 is 0 Å². The number of ether oxygens (including phenoxy) is 1. The molecule has 0 spiro atoms. The van der Waals surface area contributed by atoms with Crippen molar-refractivity contribution in [2.24, 2.45) is 5.92 Å². The number of likely N-dealkylation sites (tertiary alicyclic amines) is 1. The zero-order valence-electron chi connectivity index (χ0n) is 16.0. The second kappa shape index (κ2) is 9.38. The minimum absolute atomic E-state index is 0.116. The van der Waals surface area contributed by atoms with Crippen LogP contribution in [0.2, 0.25) is 0 Å². The Bertz CT molecular complexity index is 762. The lowest BCUT2D eigenvalue weighted by atomic mass is 9.99. The van der Waals surface area contributed by atoms with Crippen LogP contribution in [0.4, 0.5) is 5.69 Å². The van der Waals surface area contributed by atoms with Gasteiger partial charge in [-0.25, -0.2) is 0 Å². The monoisotopic (exact) mass is 364 g/mol. The van der Waals surface area contributed by atoms with Crippen molar-refractivity contribution in [3.05, 3.63) is 72.3 Å². The molecule has 2 aromatic rings. The lowest BCUT2D eigenvalue weighted by Crippen LogP contribution is -2.32. The van der Waals surface area contributed by atoms with Gasteiger partial charge in [0.1, 0.15) is 12.4 Å². The molecule has 1 aliphatic rings. The number of carbonyl (C=O) groups excluding carboxylic acids is 1. The van der Waals surface area contributed by atoms with E-state index in [0.29, 0.717) is 23.6 Å². The third-order valence-electron chi connectivity index (χ3n) is 4.96. The van der Waals surface area contributed by atoms with E-state index in [1.54, 1.807) is 6.08 Å². The Labute approximate surface area is 161 Å². The predicted octanol–water partition coefficient (Wildman–Crippen LogP) is 4.74. The molecule has 0 aromatic heterocycles. The van der Waals surface area contributed by atoms with Crippen molar-refractivity contribution < 1.29 is 9.53 Å². The first-order chi connectivity index (χ1) is 13.1. The number of hydrogen-bond acceptors (Lipinski definition) is 3. The zero-order valence-corrected chi connectivity index (χ0v) is 16.0. The van der Waals surface area contributed by atoms with Crippen LogP contribution in [0.5, 0.6) is 5.75 Å². The first-order valence-corrected chi connectivity index (χ1v) is 9.60. The van der Waals surface area contributed by atoms with Gasteiger partial charge in [0, 0.05) is 23.9 Å². The number of piperidine rings is 1. The summed E-state index contributed by atoms with van der Waals surface area (Å²) in [5, 5.41) is 2.93. The van der Waals surface area contributed by atoms with Gasteiger partial charge in [0.15, 0.2) is 0 Å². The molecule has 4 nitrogen and oxygen atoms in total. The van der Waals surface area contributed by atoms with E-state index in [1.807, 2.05) is 36.4 Å². The molecule has 1 amide bonds. The molecule has 1 heterocycles. The molecular formula is C23H28N2O2. The lowest BCUT2D eigenvalue weighted by Gasteiger charge is -2.30. The zero-order chi connectivity index (χ0) is 19.1. The molecule has 0 saturated carbocycles. The van der Waals surface area contributed by atoms with Gasteiger partial charge in [0.05, 0.1) is 0 Å². The lowest BCUT2D eigenvalue weighted by molar-refractivity contribution is 0.102. The second-order valence-corrected chi connectivity index (χ2v) is 7.24. The third-order valence-corrected chi connectivity index (χ3v) is 4.96. The van der Waals surface area contributed by atoms with Crippen molar-refractivity contribution in [1.29, 1.82) is 0 Å². The van der Waals surface area contributed by atoms with Gasteiger partial charge >= 0.3 is 0 Å². The maximum Gasteiger partial charge on any atom is 0.255 e. The summed E-state index contributed by atoms with van der Waals surface area (Å²) in [6, 6.07) is 15.3. The molecule has 1 saturated heterocycles. The number of nitrogens with zero attached hydrogens (tertiary/aromatic N) is 1. The van der Waals surface area contributed by atoms with Gasteiger partial charge in [-0.15, -0.1) is 0 Å². The van der Waals surface area contributed by atoms with Gasteiger partial charge in [0.2, 0.25) is 0 Å². The molecule has 4 heteroatoms. The number of rotatable bonds is 7. The molecule has 27 heavy (non-hydrogen) atoms.